The Morgan fingerprint density at radius 3 is 3.07 bits per heavy atom. The topological polar surface area (TPSA) is 88.3 Å². The van der Waals surface area contributed by atoms with E-state index in [-0.39, 0.29) is 5.69 Å². The van der Waals surface area contributed by atoms with E-state index in [1.54, 1.807) is 13.0 Å². The summed E-state index contributed by atoms with van der Waals surface area (Å²) in [5.41, 5.74) is 0.374. The van der Waals surface area contributed by atoms with Crippen molar-refractivity contribution in [2.75, 3.05) is 11.9 Å². The molecule has 0 aromatic carbocycles. The zero-order valence-electron chi connectivity index (χ0n) is 8.38. The number of nitrogens with one attached hydrogen (secondary N) is 1. The van der Waals surface area contributed by atoms with Crippen LogP contribution in [-0.4, -0.2) is 27.7 Å². The Labute approximate surface area is 87.1 Å². The van der Waals surface area contributed by atoms with Gasteiger partial charge in [-0.15, -0.1) is 0 Å². The molecular formula is C9H13N3O3. The summed E-state index contributed by atoms with van der Waals surface area (Å²) in [4.78, 5) is 13.8. The number of pyridine rings is 1. The van der Waals surface area contributed by atoms with Gasteiger partial charge in [-0.2, -0.15) is 0 Å². The van der Waals surface area contributed by atoms with E-state index in [4.69, 9.17) is 5.11 Å². The molecule has 1 atom stereocenters. The molecule has 0 radical (unpaired) electrons. The van der Waals surface area contributed by atoms with E-state index in [0.717, 1.165) is 0 Å². The number of rotatable bonds is 5. The summed E-state index contributed by atoms with van der Waals surface area (Å²) in [6, 6.07) is 1.54. The second kappa shape index (κ2) is 5.26. The van der Waals surface area contributed by atoms with Gasteiger partial charge in [-0.1, -0.05) is 0 Å². The Kier molecular flexibility index (Phi) is 3.99. The first-order chi connectivity index (χ1) is 7.11. The molecule has 0 aliphatic carbocycles. The number of aromatic nitrogens is 1. The van der Waals surface area contributed by atoms with Crippen molar-refractivity contribution >= 4 is 11.4 Å². The molecular weight excluding hydrogens is 198 g/mol. The highest BCUT2D eigenvalue weighted by Gasteiger charge is 2.12. The van der Waals surface area contributed by atoms with Crippen LogP contribution in [0, 0.1) is 10.1 Å². The molecule has 6 nitrogen and oxygen atoms in total. The fraction of sp³-hybridized carbons (Fsp3) is 0.444. The molecule has 6 heteroatoms. The van der Waals surface area contributed by atoms with Crippen LogP contribution in [-0.2, 0) is 0 Å². The number of hydrogen-bond acceptors (Lipinski definition) is 5. The molecule has 82 valence electrons. The van der Waals surface area contributed by atoms with Crippen LogP contribution in [0.1, 0.15) is 13.3 Å². The molecule has 0 saturated heterocycles. The minimum absolute atomic E-state index is 0.0527. The molecule has 0 amide bonds. The van der Waals surface area contributed by atoms with E-state index < -0.39 is 11.0 Å². The Balaban J connectivity index is 2.63. The number of anilines is 1. The van der Waals surface area contributed by atoms with Crippen molar-refractivity contribution in [2.24, 2.45) is 0 Å². The van der Waals surface area contributed by atoms with Gasteiger partial charge in [-0.05, 0) is 19.4 Å². The van der Waals surface area contributed by atoms with Crippen molar-refractivity contribution in [1.29, 1.82) is 0 Å². The molecule has 1 rings (SSSR count). The summed E-state index contributed by atoms with van der Waals surface area (Å²) in [7, 11) is 0. The van der Waals surface area contributed by atoms with Crippen molar-refractivity contribution in [3.63, 3.8) is 0 Å². The van der Waals surface area contributed by atoms with Gasteiger partial charge in [0.1, 0.15) is 11.9 Å². The largest absolute Gasteiger partial charge is 0.393 e. The zero-order chi connectivity index (χ0) is 11.3. The molecule has 2 N–H and O–H groups in total. The van der Waals surface area contributed by atoms with Gasteiger partial charge in [-0.3, -0.25) is 15.1 Å². The highest BCUT2D eigenvalue weighted by atomic mass is 16.6. The predicted octanol–water partition coefficient (Wildman–Crippen LogP) is 1.17. The Morgan fingerprint density at radius 2 is 2.47 bits per heavy atom. The lowest BCUT2D eigenvalue weighted by Gasteiger charge is -2.07. The summed E-state index contributed by atoms with van der Waals surface area (Å²) < 4.78 is 0. The molecule has 0 aliphatic heterocycles. The average Bonchev–Trinajstić information content (AvgIpc) is 2.17. The van der Waals surface area contributed by atoms with Crippen LogP contribution >= 0.6 is 0 Å². The minimum atomic E-state index is -0.488. The van der Waals surface area contributed by atoms with E-state index in [1.807, 2.05) is 0 Å². The van der Waals surface area contributed by atoms with Gasteiger partial charge in [0.25, 0.3) is 0 Å². The van der Waals surface area contributed by atoms with E-state index in [1.165, 1.54) is 12.4 Å². The minimum Gasteiger partial charge on any atom is -0.393 e. The van der Waals surface area contributed by atoms with E-state index in [0.29, 0.717) is 18.7 Å². The van der Waals surface area contributed by atoms with Crippen molar-refractivity contribution in [1.82, 2.24) is 4.98 Å². The number of aliphatic hydroxyl groups excluding tert-OH is 1. The van der Waals surface area contributed by atoms with E-state index in [2.05, 4.69) is 10.3 Å². The zero-order valence-corrected chi connectivity index (χ0v) is 8.38. The second-order valence-corrected chi connectivity index (χ2v) is 3.21. The van der Waals surface area contributed by atoms with Gasteiger partial charge >= 0.3 is 5.69 Å². The number of nitro groups is 1. The summed E-state index contributed by atoms with van der Waals surface area (Å²) in [5, 5.41) is 22.5. The van der Waals surface area contributed by atoms with Gasteiger partial charge in [0.05, 0.1) is 11.0 Å². The summed E-state index contributed by atoms with van der Waals surface area (Å²) in [6.07, 6.45) is 2.81. The lowest BCUT2D eigenvalue weighted by Crippen LogP contribution is -2.10. The first-order valence-corrected chi connectivity index (χ1v) is 4.61. The van der Waals surface area contributed by atoms with Crippen LogP contribution in [0.25, 0.3) is 0 Å². The molecule has 15 heavy (non-hydrogen) atoms. The van der Waals surface area contributed by atoms with Gasteiger partial charge in [0, 0.05) is 12.7 Å². The number of hydrogen-bond donors (Lipinski definition) is 2. The second-order valence-electron chi connectivity index (χ2n) is 3.21. The predicted molar refractivity (Wildman–Crippen MR) is 55.7 cm³/mol. The van der Waals surface area contributed by atoms with Crippen LogP contribution in [0.4, 0.5) is 11.4 Å². The lowest BCUT2D eigenvalue weighted by molar-refractivity contribution is -0.384. The summed E-state index contributed by atoms with van der Waals surface area (Å²) in [6.45, 7) is 2.16. The van der Waals surface area contributed by atoms with Crippen LogP contribution in [0.5, 0.6) is 0 Å². The molecule has 0 bridgehead atoms. The fourth-order valence-corrected chi connectivity index (χ4v) is 1.10. The van der Waals surface area contributed by atoms with E-state index in [9.17, 15) is 10.1 Å². The first kappa shape index (κ1) is 11.4. The van der Waals surface area contributed by atoms with Crippen molar-refractivity contribution in [2.45, 2.75) is 19.4 Å². The Bertz CT molecular complexity index is 341. The maximum Gasteiger partial charge on any atom is 0.310 e. The monoisotopic (exact) mass is 211 g/mol. The summed E-state index contributed by atoms with van der Waals surface area (Å²) in [5.74, 6) is 0. The lowest BCUT2D eigenvalue weighted by atomic mass is 10.2. The molecule has 0 spiro atoms. The Hall–Kier alpha value is -1.69. The van der Waals surface area contributed by atoms with Gasteiger partial charge in [-0.25, -0.2) is 0 Å². The van der Waals surface area contributed by atoms with E-state index >= 15 is 0 Å². The number of aliphatic hydroxyl groups is 1. The summed E-state index contributed by atoms with van der Waals surface area (Å²) >= 11 is 0. The molecule has 1 aromatic rings. The maximum atomic E-state index is 10.6. The third-order valence-corrected chi connectivity index (χ3v) is 1.87. The SMILES string of the molecule is CC(O)CCNc1ccncc1[N+](=O)[O-]. The number of nitrogens with zero attached hydrogens (tertiary/aromatic N) is 2. The molecule has 0 saturated carbocycles. The third-order valence-electron chi connectivity index (χ3n) is 1.87. The van der Waals surface area contributed by atoms with Crippen molar-refractivity contribution in [3.05, 3.63) is 28.6 Å². The highest BCUT2D eigenvalue weighted by molar-refractivity contribution is 5.59. The molecule has 1 unspecified atom stereocenters. The average molecular weight is 211 g/mol. The normalized spacial score (nSPS) is 12.1. The molecule has 0 aliphatic rings. The smallest absolute Gasteiger partial charge is 0.310 e. The molecule has 1 aromatic heterocycles. The molecule has 1 heterocycles. The van der Waals surface area contributed by atoms with Crippen LogP contribution < -0.4 is 5.32 Å². The quantitative estimate of drug-likeness (QED) is 0.563. The third kappa shape index (κ3) is 3.51. The van der Waals surface area contributed by atoms with Gasteiger partial charge in [0.15, 0.2) is 0 Å². The fourth-order valence-electron chi connectivity index (χ4n) is 1.10. The highest BCUT2D eigenvalue weighted by Crippen LogP contribution is 2.21. The first-order valence-electron chi connectivity index (χ1n) is 4.61. The van der Waals surface area contributed by atoms with Crippen molar-refractivity contribution < 1.29 is 10.0 Å². The van der Waals surface area contributed by atoms with Crippen LogP contribution in [0.15, 0.2) is 18.5 Å². The van der Waals surface area contributed by atoms with Gasteiger partial charge < -0.3 is 10.4 Å². The van der Waals surface area contributed by atoms with Gasteiger partial charge in [0.2, 0.25) is 0 Å². The molecule has 0 fully saturated rings. The van der Waals surface area contributed by atoms with Crippen molar-refractivity contribution in [3.8, 4) is 0 Å². The van der Waals surface area contributed by atoms with Crippen LogP contribution in [0.3, 0.4) is 0 Å². The van der Waals surface area contributed by atoms with Crippen LogP contribution in [0.2, 0.25) is 0 Å². The maximum absolute atomic E-state index is 10.6. The standard InChI is InChI=1S/C9H13N3O3/c1-7(13)2-5-11-8-3-4-10-6-9(8)12(14)15/h3-4,6-7,13H,2,5H2,1H3,(H,10,11). The Morgan fingerprint density at radius 1 is 1.73 bits per heavy atom.